The van der Waals surface area contributed by atoms with E-state index >= 15 is 0 Å². The van der Waals surface area contributed by atoms with Crippen molar-refractivity contribution in [2.24, 2.45) is 11.7 Å². The summed E-state index contributed by atoms with van der Waals surface area (Å²) in [5.74, 6) is -0.0532. The molecule has 114 valence electrons. The van der Waals surface area contributed by atoms with E-state index in [2.05, 4.69) is 6.92 Å². The van der Waals surface area contributed by atoms with Crippen LogP contribution < -0.4 is 5.73 Å². The smallest absolute Gasteiger partial charge is 0.244 e. The second kappa shape index (κ2) is 7.25. The predicted molar refractivity (Wildman–Crippen MR) is 82.3 cm³/mol. The van der Waals surface area contributed by atoms with E-state index in [-0.39, 0.29) is 5.91 Å². The summed E-state index contributed by atoms with van der Waals surface area (Å²) in [5, 5.41) is 0. The Hall–Kier alpha value is -1.84. The number of amides is 2. The van der Waals surface area contributed by atoms with Crippen molar-refractivity contribution in [1.82, 2.24) is 4.90 Å². The van der Waals surface area contributed by atoms with Gasteiger partial charge in [-0.2, -0.15) is 0 Å². The van der Waals surface area contributed by atoms with E-state index in [0.717, 1.165) is 18.4 Å². The highest BCUT2D eigenvalue weighted by atomic mass is 16.2. The summed E-state index contributed by atoms with van der Waals surface area (Å²) < 4.78 is 0. The molecule has 1 aliphatic rings. The summed E-state index contributed by atoms with van der Waals surface area (Å²) in [6.07, 6.45) is 5.12. The number of benzene rings is 1. The number of carbonyl (C=O) groups excluding carboxylic acids is 2. The molecular formula is C17H24N2O2. The van der Waals surface area contributed by atoms with Crippen LogP contribution in [0.15, 0.2) is 30.3 Å². The van der Waals surface area contributed by atoms with Gasteiger partial charge < -0.3 is 10.6 Å². The zero-order valence-electron chi connectivity index (χ0n) is 12.6. The van der Waals surface area contributed by atoms with Crippen LogP contribution in [0.5, 0.6) is 0 Å². The van der Waals surface area contributed by atoms with Crippen LogP contribution in [0.2, 0.25) is 0 Å². The molecule has 2 N–H and O–H groups in total. The lowest BCUT2D eigenvalue weighted by Crippen LogP contribution is -2.38. The normalized spacial score (nSPS) is 19.8. The Kier molecular flexibility index (Phi) is 5.37. The molecule has 1 aromatic carbocycles. The van der Waals surface area contributed by atoms with Crippen molar-refractivity contribution in [3.63, 3.8) is 0 Å². The van der Waals surface area contributed by atoms with Gasteiger partial charge in [-0.3, -0.25) is 9.59 Å². The van der Waals surface area contributed by atoms with Gasteiger partial charge in [0.1, 0.15) is 6.04 Å². The molecule has 2 rings (SSSR count). The van der Waals surface area contributed by atoms with Gasteiger partial charge in [-0.05, 0) is 17.9 Å². The Bertz CT molecular complexity index is 487. The Morgan fingerprint density at radius 1 is 1.33 bits per heavy atom. The third-order valence-electron chi connectivity index (χ3n) is 4.15. The van der Waals surface area contributed by atoms with Crippen LogP contribution in [0.25, 0.3) is 0 Å². The van der Waals surface area contributed by atoms with Gasteiger partial charge in [-0.1, -0.05) is 56.5 Å². The molecule has 2 amide bonds. The third kappa shape index (κ3) is 3.84. The average Bonchev–Trinajstić information content (AvgIpc) is 2.81. The van der Waals surface area contributed by atoms with Gasteiger partial charge >= 0.3 is 0 Å². The first kappa shape index (κ1) is 15.5. The van der Waals surface area contributed by atoms with Crippen LogP contribution in [0, 0.1) is 5.92 Å². The van der Waals surface area contributed by atoms with Gasteiger partial charge in [0, 0.05) is 13.0 Å². The van der Waals surface area contributed by atoms with Crippen LogP contribution in [-0.2, 0) is 9.59 Å². The van der Waals surface area contributed by atoms with Crippen molar-refractivity contribution in [3.05, 3.63) is 35.9 Å². The minimum absolute atomic E-state index is 0.0455. The third-order valence-corrected chi connectivity index (χ3v) is 4.15. The van der Waals surface area contributed by atoms with Crippen molar-refractivity contribution >= 4 is 11.8 Å². The van der Waals surface area contributed by atoms with Gasteiger partial charge in [0.25, 0.3) is 0 Å². The Morgan fingerprint density at radius 3 is 2.67 bits per heavy atom. The van der Waals surface area contributed by atoms with E-state index in [1.165, 1.54) is 12.8 Å². The molecule has 1 aliphatic heterocycles. The number of carbonyl (C=O) groups is 2. The lowest BCUT2D eigenvalue weighted by molar-refractivity contribution is -0.136. The zero-order chi connectivity index (χ0) is 15.2. The molecule has 1 aromatic rings. The quantitative estimate of drug-likeness (QED) is 0.784. The number of hydrogen-bond acceptors (Lipinski definition) is 2. The molecule has 2 unspecified atom stereocenters. The molecule has 4 nitrogen and oxygen atoms in total. The molecule has 0 bridgehead atoms. The molecule has 4 heteroatoms. The summed E-state index contributed by atoms with van der Waals surface area (Å²) in [6.45, 7) is 2.82. The highest BCUT2D eigenvalue weighted by molar-refractivity contribution is 5.88. The second-order valence-corrected chi connectivity index (χ2v) is 5.83. The van der Waals surface area contributed by atoms with Crippen LogP contribution in [0.4, 0.5) is 0 Å². The molecule has 0 aliphatic carbocycles. The highest BCUT2D eigenvalue weighted by Gasteiger charge is 2.37. The summed E-state index contributed by atoms with van der Waals surface area (Å²) in [6, 6.07) is 8.70. The Balaban J connectivity index is 2.08. The molecule has 1 heterocycles. The van der Waals surface area contributed by atoms with Crippen LogP contribution in [0.1, 0.15) is 50.6 Å². The number of likely N-dealkylation sites (tertiary alicyclic amines) is 1. The van der Waals surface area contributed by atoms with Crippen LogP contribution in [-0.4, -0.2) is 23.3 Å². The van der Waals surface area contributed by atoms with Crippen molar-refractivity contribution in [2.75, 3.05) is 6.54 Å². The molecule has 0 saturated carbocycles. The fourth-order valence-corrected chi connectivity index (χ4v) is 3.07. The van der Waals surface area contributed by atoms with Gasteiger partial charge in [-0.15, -0.1) is 0 Å². The summed E-state index contributed by atoms with van der Waals surface area (Å²) in [4.78, 5) is 25.7. The standard InChI is InChI=1S/C17H24N2O2/c1-2-3-5-8-13-11-15(20)19(12-13)16(17(18)21)14-9-6-4-7-10-14/h4,6-7,9-10,13,16H,2-3,5,8,11-12H2,1H3,(H2,18,21). The fourth-order valence-electron chi connectivity index (χ4n) is 3.07. The molecule has 1 saturated heterocycles. The molecule has 0 spiro atoms. The van der Waals surface area contributed by atoms with Gasteiger partial charge in [-0.25, -0.2) is 0 Å². The number of primary amides is 1. The number of hydrogen-bond donors (Lipinski definition) is 1. The molecule has 0 aromatic heterocycles. The first-order valence-electron chi connectivity index (χ1n) is 7.77. The second-order valence-electron chi connectivity index (χ2n) is 5.83. The Morgan fingerprint density at radius 2 is 2.05 bits per heavy atom. The zero-order valence-corrected chi connectivity index (χ0v) is 12.6. The van der Waals surface area contributed by atoms with Crippen LogP contribution in [0.3, 0.4) is 0 Å². The minimum atomic E-state index is -0.630. The van der Waals surface area contributed by atoms with E-state index in [0.29, 0.717) is 18.9 Å². The first-order valence-corrected chi connectivity index (χ1v) is 7.77. The molecule has 0 radical (unpaired) electrons. The topological polar surface area (TPSA) is 63.4 Å². The lowest BCUT2D eigenvalue weighted by Gasteiger charge is -2.26. The summed E-state index contributed by atoms with van der Waals surface area (Å²) in [7, 11) is 0. The molecular weight excluding hydrogens is 264 g/mol. The minimum Gasteiger partial charge on any atom is -0.368 e. The molecule has 21 heavy (non-hydrogen) atoms. The Labute approximate surface area is 126 Å². The maximum atomic E-state index is 12.3. The van der Waals surface area contributed by atoms with Crippen molar-refractivity contribution < 1.29 is 9.59 Å². The lowest BCUT2D eigenvalue weighted by atomic mass is 10.0. The van der Waals surface area contributed by atoms with Crippen LogP contribution >= 0.6 is 0 Å². The van der Waals surface area contributed by atoms with E-state index in [1.807, 2.05) is 30.3 Å². The fraction of sp³-hybridized carbons (Fsp3) is 0.529. The predicted octanol–water partition coefficient (Wildman–Crippen LogP) is 2.64. The van der Waals surface area contributed by atoms with E-state index in [1.54, 1.807) is 4.90 Å². The maximum Gasteiger partial charge on any atom is 0.244 e. The maximum absolute atomic E-state index is 12.3. The number of nitrogens with two attached hydrogens (primary N) is 1. The average molecular weight is 288 g/mol. The summed E-state index contributed by atoms with van der Waals surface area (Å²) >= 11 is 0. The summed E-state index contributed by atoms with van der Waals surface area (Å²) in [5.41, 5.74) is 6.34. The number of nitrogens with zero attached hydrogens (tertiary/aromatic N) is 1. The van der Waals surface area contributed by atoms with Gasteiger partial charge in [0.05, 0.1) is 0 Å². The van der Waals surface area contributed by atoms with Crippen molar-refractivity contribution in [3.8, 4) is 0 Å². The number of unbranched alkanes of at least 4 members (excludes halogenated alkanes) is 2. The van der Waals surface area contributed by atoms with Crippen molar-refractivity contribution in [2.45, 2.75) is 45.1 Å². The van der Waals surface area contributed by atoms with E-state index in [9.17, 15) is 9.59 Å². The van der Waals surface area contributed by atoms with Crippen molar-refractivity contribution in [1.29, 1.82) is 0 Å². The SMILES string of the molecule is CCCCCC1CC(=O)N(C(C(N)=O)c2ccccc2)C1. The molecule has 2 atom stereocenters. The largest absolute Gasteiger partial charge is 0.368 e. The van der Waals surface area contributed by atoms with Gasteiger partial charge in [0.15, 0.2) is 0 Å². The number of rotatable bonds is 7. The first-order chi connectivity index (χ1) is 10.1. The van der Waals surface area contributed by atoms with E-state index in [4.69, 9.17) is 5.73 Å². The van der Waals surface area contributed by atoms with E-state index < -0.39 is 11.9 Å². The molecule has 1 fully saturated rings. The van der Waals surface area contributed by atoms with Gasteiger partial charge in [0.2, 0.25) is 11.8 Å². The monoisotopic (exact) mass is 288 g/mol. The highest BCUT2D eigenvalue weighted by Crippen LogP contribution is 2.31.